The molecule has 214 valence electrons. The Hall–Kier alpha value is -3.36. The highest BCUT2D eigenvalue weighted by atomic mass is 35.5. The highest BCUT2D eigenvalue weighted by Gasteiger charge is 2.24. The lowest BCUT2D eigenvalue weighted by Gasteiger charge is -2.19. The summed E-state index contributed by atoms with van der Waals surface area (Å²) in [5.41, 5.74) is 5.45. The number of aliphatic hydroxyl groups excluding tert-OH is 2. The van der Waals surface area contributed by atoms with Gasteiger partial charge in [-0.2, -0.15) is 0 Å². The van der Waals surface area contributed by atoms with Gasteiger partial charge in [0, 0.05) is 23.2 Å². The first-order valence-corrected chi connectivity index (χ1v) is 13.3. The minimum absolute atomic E-state index is 0. The zero-order valence-electron chi connectivity index (χ0n) is 23.6. The van der Waals surface area contributed by atoms with Gasteiger partial charge in [0.1, 0.15) is 11.4 Å². The number of ether oxygens (including phenoxy) is 1. The number of hydrogen-bond acceptors (Lipinski definition) is 5. The maximum absolute atomic E-state index is 12.7. The standard InChI is InChI=1S/C32H38N2O5.ClH/c1-20(2)39-26-13-11-25(12-14-26)34-29-15-8-22(21-6-9-23(10-7-21)32(3,4)5)16-27(29)28(30(34)31(37)38)17-33-24(18-35)19-36;/h6-16,20,24,33,35-36H,17-19H2,1-5H3,(H,37,38);1H. The van der Waals surface area contributed by atoms with Crippen molar-refractivity contribution < 1.29 is 24.9 Å². The number of hydrogen-bond donors (Lipinski definition) is 4. The smallest absolute Gasteiger partial charge is 0.353 e. The first-order valence-electron chi connectivity index (χ1n) is 13.3. The highest BCUT2D eigenvalue weighted by Crippen LogP contribution is 2.35. The molecule has 0 aliphatic heterocycles. The Morgan fingerprint density at radius 2 is 1.52 bits per heavy atom. The first-order chi connectivity index (χ1) is 18.5. The van der Waals surface area contributed by atoms with Crippen molar-refractivity contribution in [3.05, 3.63) is 83.6 Å². The molecule has 7 nitrogen and oxygen atoms in total. The molecule has 0 spiro atoms. The minimum Gasteiger partial charge on any atom is -0.491 e. The fraction of sp³-hybridized carbons (Fsp3) is 0.344. The van der Waals surface area contributed by atoms with E-state index in [4.69, 9.17) is 4.74 Å². The molecule has 4 rings (SSSR count). The van der Waals surface area contributed by atoms with Crippen LogP contribution in [0.5, 0.6) is 5.75 Å². The van der Waals surface area contributed by atoms with E-state index >= 15 is 0 Å². The van der Waals surface area contributed by atoms with Gasteiger partial charge >= 0.3 is 5.97 Å². The summed E-state index contributed by atoms with van der Waals surface area (Å²) in [5.74, 6) is -0.357. The van der Waals surface area contributed by atoms with E-state index < -0.39 is 12.0 Å². The van der Waals surface area contributed by atoms with Crippen LogP contribution in [0.3, 0.4) is 0 Å². The average molecular weight is 567 g/mol. The second-order valence-corrected chi connectivity index (χ2v) is 11.1. The van der Waals surface area contributed by atoms with Gasteiger partial charge in [0.2, 0.25) is 0 Å². The molecule has 0 saturated carbocycles. The van der Waals surface area contributed by atoms with Crippen LogP contribution in [-0.2, 0) is 12.0 Å². The van der Waals surface area contributed by atoms with E-state index in [2.05, 4.69) is 50.4 Å². The number of halogens is 1. The fourth-order valence-corrected chi connectivity index (χ4v) is 4.75. The molecule has 3 aromatic carbocycles. The predicted octanol–water partition coefficient (Wildman–Crippen LogP) is 5.95. The van der Waals surface area contributed by atoms with Crippen LogP contribution in [0.15, 0.2) is 66.7 Å². The number of carbonyl (C=O) groups is 1. The molecule has 40 heavy (non-hydrogen) atoms. The van der Waals surface area contributed by atoms with Gasteiger partial charge in [0.05, 0.1) is 30.9 Å². The molecule has 4 aromatic rings. The molecular formula is C32H39ClN2O5. The molecule has 0 aliphatic rings. The third kappa shape index (κ3) is 6.67. The maximum atomic E-state index is 12.7. The summed E-state index contributed by atoms with van der Waals surface area (Å²) in [4.78, 5) is 12.7. The van der Waals surface area contributed by atoms with Crippen LogP contribution < -0.4 is 10.1 Å². The summed E-state index contributed by atoms with van der Waals surface area (Å²) < 4.78 is 7.52. The molecule has 0 bridgehead atoms. The largest absolute Gasteiger partial charge is 0.491 e. The predicted molar refractivity (Wildman–Crippen MR) is 162 cm³/mol. The van der Waals surface area contributed by atoms with Crippen molar-refractivity contribution >= 4 is 29.3 Å². The van der Waals surface area contributed by atoms with Crippen LogP contribution >= 0.6 is 12.4 Å². The van der Waals surface area contributed by atoms with E-state index in [0.29, 0.717) is 17.0 Å². The highest BCUT2D eigenvalue weighted by molar-refractivity contribution is 6.01. The van der Waals surface area contributed by atoms with Crippen molar-refractivity contribution in [3.63, 3.8) is 0 Å². The quantitative estimate of drug-likeness (QED) is 0.189. The van der Waals surface area contributed by atoms with Gasteiger partial charge in [-0.3, -0.25) is 0 Å². The Morgan fingerprint density at radius 3 is 2.05 bits per heavy atom. The molecule has 0 atom stereocenters. The Bertz CT molecular complexity index is 1430. The number of aromatic nitrogens is 1. The van der Waals surface area contributed by atoms with Crippen LogP contribution in [0.2, 0.25) is 0 Å². The number of benzene rings is 3. The van der Waals surface area contributed by atoms with Crippen LogP contribution in [0, 0.1) is 0 Å². The summed E-state index contributed by atoms with van der Waals surface area (Å²) in [6.07, 6.45) is 0.0254. The molecule has 1 aromatic heterocycles. The third-order valence-electron chi connectivity index (χ3n) is 6.83. The van der Waals surface area contributed by atoms with Gasteiger partial charge < -0.3 is 29.9 Å². The topological polar surface area (TPSA) is 104 Å². The van der Waals surface area contributed by atoms with Crippen molar-refractivity contribution in [3.8, 4) is 22.6 Å². The molecule has 0 unspecified atom stereocenters. The molecule has 0 amide bonds. The molecule has 8 heteroatoms. The summed E-state index contributed by atoms with van der Waals surface area (Å²) in [7, 11) is 0. The van der Waals surface area contributed by atoms with E-state index in [0.717, 1.165) is 22.0 Å². The molecule has 0 fully saturated rings. The molecule has 4 N–H and O–H groups in total. The summed E-state index contributed by atoms with van der Waals surface area (Å²) in [6, 6.07) is 21.2. The lowest BCUT2D eigenvalue weighted by Crippen LogP contribution is -2.35. The second-order valence-electron chi connectivity index (χ2n) is 11.1. The van der Waals surface area contributed by atoms with Crippen molar-refractivity contribution in [1.29, 1.82) is 0 Å². The van der Waals surface area contributed by atoms with Crippen molar-refractivity contribution in [1.82, 2.24) is 9.88 Å². The van der Waals surface area contributed by atoms with Crippen LogP contribution in [0.25, 0.3) is 27.7 Å². The van der Waals surface area contributed by atoms with Crippen LogP contribution in [-0.4, -0.2) is 51.2 Å². The molecule has 0 aliphatic carbocycles. The SMILES string of the molecule is CC(C)Oc1ccc(-n2c(C(=O)O)c(CNC(CO)CO)c3cc(-c4ccc(C(C)(C)C)cc4)ccc32)cc1.Cl. The van der Waals surface area contributed by atoms with Gasteiger partial charge in [0.15, 0.2) is 0 Å². The number of aromatic carboxylic acids is 1. The van der Waals surface area contributed by atoms with E-state index in [9.17, 15) is 20.1 Å². The third-order valence-corrected chi connectivity index (χ3v) is 6.83. The number of fused-ring (bicyclic) bond motifs is 1. The lowest BCUT2D eigenvalue weighted by atomic mass is 9.86. The Balaban J connectivity index is 0.00000441. The molecule has 0 radical (unpaired) electrons. The van der Waals surface area contributed by atoms with Gasteiger partial charge in [-0.1, -0.05) is 51.1 Å². The number of carboxylic acid groups (broad SMARTS) is 1. The minimum atomic E-state index is -1.06. The Kier molecular flexibility index (Phi) is 10.0. The first kappa shape index (κ1) is 31.2. The number of carboxylic acids is 1. The van der Waals surface area contributed by atoms with Gasteiger partial charge in [-0.05, 0) is 72.4 Å². The Morgan fingerprint density at radius 1 is 0.925 bits per heavy atom. The van der Waals surface area contributed by atoms with E-state index in [1.165, 1.54) is 5.56 Å². The van der Waals surface area contributed by atoms with Gasteiger partial charge in [0.25, 0.3) is 0 Å². The summed E-state index contributed by atoms with van der Waals surface area (Å²) in [5, 5.41) is 33.4. The zero-order valence-corrected chi connectivity index (χ0v) is 24.5. The molecular weight excluding hydrogens is 528 g/mol. The summed E-state index contributed by atoms with van der Waals surface area (Å²) in [6.45, 7) is 10.1. The van der Waals surface area contributed by atoms with E-state index in [1.807, 2.05) is 56.3 Å². The lowest BCUT2D eigenvalue weighted by molar-refractivity contribution is 0.0687. The number of rotatable bonds is 10. The zero-order chi connectivity index (χ0) is 28.3. The van der Waals surface area contributed by atoms with E-state index in [-0.39, 0.29) is 49.4 Å². The van der Waals surface area contributed by atoms with Crippen molar-refractivity contribution in [2.45, 2.75) is 58.7 Å². The van der Waals surface area contributed by atoms with Crippen LogP contribution in [0.4, 0.5) is 0 Å². The van der Waals surface area contributed by atoms with Gasteiger partial charge in [-0.15, -0.1) is 12.4 Å². The van der Waals surface area contributed by atoms with Crippen molar-refractivity contribution in [2.75, 3.05) is 13.2 Å². The molecule has 1 heterocycles. The monoisotopic (exact) mass is 566 g/mol. The Labute approximate surface area is 241 Å². The van der Waals surface area contributed by atoms with E-state index in [1.54, 1.807) is 4.57 Å². The summed E-state index contributed by atoms with van der Waals surface area (Å²) >= 11 is 0. The number of nitrogens with one attached hydrogen (secondary N) is 1. The normalized spacial score (nSPS) is 11.7. The van der Waals surface area contributed by atoms with Crippen molar-refractivity contribution in [2.24, 2.45) is 0 Å². The fourth-order valence-electron chi connectivity index (χ4n) is 4.75. The number of aliphatic hydroxyl groups is 2. The second kappa shape index (κ2) is 12.9. The number of nitrogens with zero attached hydrogens (tertiary/aromatic N) is 1. The van der Waals surface area contributed by atoms with Gasteiger partial charge in [-0.25, -0.2) is 4.79 Å². The van der Waals surface area contributed by atoms with Crippen LogP contribution in [0.1, 0.15) is 56.2 Å². The maximum Gasteiger partial charge on any atom is 0.353 e. The molecule has 0 saturated heterocycles. The average Bonchev–Trinajstić information content (AvgIpc) is 3.23.